The zero-order valence-corrected chi connectivity index (χ0v) is 11.5. The molecule has 0 aliphatic carbocycles. The molecule has 0 radical (unpaired) electrons. The minimum Gasteiger partial charge on any atom is -0.311 e. The van der Waals surface area contributed by atoms with Gasteiger partial charge < -0.3 is 5.32 Å². The predicted molar refractivity (Wildman–Crippen MR) is 72.7 cm³/mol. The summed E-state index contributed by atoms with van der Waals surface area (Å²) in [6, 6.07) is 10.1. The van der Waals surface area contributed by atoms with Gasteiger partial charge in [-0.3, -0.25) is 0 Å². The fourth-order valence-electron chi connectivity index (χ4n) is 2.50. The molecule has 1 N–H and O–H groups in total. The van der Waals surface area contributed by atoms with Gasteiger partial charge in [0.2, 0.25) is 0 Å². The van der Waals surface area contributed by atoms with Crippen LogP contribution >= 0.6 is 15.9 Å². The van der Waals surface area contributed by atoms with Gasteiger partial charge in [-0.1, -0.05) is 34.5 Å². The van der Waals surface area contributed by atoms with Crippen molar-refractivity contribution >= 4 is 15.9 Å². The third-order valence-electron chi connectivity index (χ3n) is 3.38. The molecule has 1 fully saturated rings. The molecule has 1 aromatic rings. The average Bonchev–Trinajstić information content (AvgIpc) is 2.27. The number of halogens is 1. The van der Waals surface area contributed by atoms with Crippen molar-refractivity contribution in [2.45, 2.75) is 51.1 Å². The maximum absolute atomic E-state index is 3.69. The minimum absolute atomic E-state index is 0.709. The zero-order chi connectivity index (χ0) is 11.4. The van der Waals surface area contributed by atoms with Gasteiger partial charge in [0.05, 0.1) is 0 Å². The Morgan fingerprint density at radius 2 is 2.25 bits per heavy atom. The van der Waals surface area contributed by atoms with Crippen molar-refractivity contribution in [3.63, 3.8) is 0 Å². The van der Waals surface area contributed by atoms with Crippen LogP contribution in [0.5, 0.6) is 0 Å². The lowest BCUT2D eigenvalue weighted by molar-refractivity contribution is 0.322. The topological polar surface area (TPSA) is 12.0 Å². The maximum Gasteiger partial charge on any atom is 0.0177 e. The van der Waals surface area contributed by atoms with Crippen molar-refractivity contribution < 1.29 is 0 Å². The van der Waals surface area contributed by atoms with E-state index in [1.807, 2.05) is 0 Å². The van der Waals surface area contributed by atoms with Gasteiger partial charge in [-0.05, 0) is 50.3 Å². The third kappa shape index (κ3) is 3.60. The number of hydrogen-bond acceptors (Lipinski definition) is 1. The van der Waals surface area contributed by atoms with Crippen molar-refractivity contribution in [2.24, 2.45) is 0 Å². The summed E-state index contributed by atoms with van der Waals surface area (Å²) >= 11 is 3.52. The number of benzene rings is 1. The number of piperidine rings is 1. The lowest BCUT2D eigenvalue weighted by Gasteiger charge is -2.28. The molecule has 2 atom stereocenters. The van der Waals surface area contributed by atoms with Gasteiger partial charge in [-0.2, -0.15) is 0 Å². The van der Waals surface area contributed by atoms with E-state index in [1.165, 1.54) is 42.1 Å². The number of nitrogens with one attached hydrogen (secondary N) is 1. The van der Waals surface area contributed by atoms with E-state index in [1.54, 1.807) is 0 Å². The lowest BCUT2D eigenvalue weighted by atomic mass is 9.95. The second kappa shape index (κ2) is 5.83. The van der Waals surface area contributed by atoms with Crippen LogP contribution in [-0.4, -0.2) is 12.1 Å². The molecule has 88 valence electrons. The first-order chi connectivity index (χ1) is 7.74. The van der Waals surface area contributed by atoms with E-state index >= 15 is 0 Å². The Hall–Kier alpha value is -0.340. The van der Waals surface area contributed by atoms with Crippen LogP contribution in [0.2, 0.25) is 0 Å². The van der Waals surface area contributed by atoms with E-state index in [2.05, 4.69) is 52.4 Å². The van der Waals surface area contributed by atoms with Gasteiger partial charge in [-0.15, -0.1) is 0 Å². The van der Waals surface area contributed by atoms with Crippen LogP contribution in [0.1, 0.15) is 38.2 Å². The van der Waals surface area contributed by atoms with E-state index in [-0.39, 0.29) is 0 Å². The molecule has 1 heterocycles. The van der Waals surface area contributed by atoms with E-state index in [4.69, 9.17) is 0 Å². The smallest absolute Gasteiger partial charge is 0.0177 e. The zero-order valence-electron chi connectivity index (χ0n) is 9.88. The highest BCUT2D eigenvalue weighted by Gasteiger charge is 2.17. The summed E-state index contributed by atoms with van der Waals surface area (Å²) in [7, 11) is 0. The van der Waals surface area contributed by atoms with Crippen LogP contribution < -0.4 is 5.32 Å². The van der Waals surface area contributed by atoms with Gasteiger partial charge in [0, 0.05) is 16.6 Å². The molecule has 2 rings (SSSR count). The molecule has 2 heteroatoms. The van der Waals surface area contributed by atoms with Gasteiger partial charge >= 0.3 is 0 Å². The highest BCUT2D eigenvalue weighted by atomic mass is 79.9. The summed E-state index contributed by atoms with van der Waals surface area (Å²) in [5, 5.41) is 3.69. The fourth-order valence-corrected chi connectivity index (χ4v) is 2.95. The fraction of sp³-hybridized carbons (Fsp3) is 0.571. The molecule has 1 aliphatic heterocycles. The molecule has 1 saturated heterocycles. The van der Waals surface area contributed by atoms with Gasteiger partial charge in [0.1, 0.15) is 0 Å². The van der Waals surface area contributed by atoms with Crippen LogP contribution in [0.25, 0.3) is 0 Å². The van der Waals surface area contributed by atoms with Crippen molar-refractivity contribution in [2.75, 3.05) is 0 Å². The molecule has 1 aromatic carbocycles. The first-order valence-electron chi connectivity index (χ1n) is 6.24. The van der Waals surface area contributed by atoms with Crippen molar-refractivity contribution in [3.05, 3.63) is 34.3 Å². The van der Waals surface area contributed by atoms with Crippen LogP contribution in [0.4, 0.5) is 0 Å². The van der Waals surface area contributed by atoms with Crippen molar-refractivity contribution in [1.29, 1.82) is 0 Å². The number of aryl methyl sites for hydroxylation is 1. The van der Waals surface area contributed by atoms with E-state index in [9.17, 15) is 0 Å². The Balaban J connectivity index is 1.82. The highest BCUT2D eigenvalue weighted by Crippen LogP contribution is 2.18. The lowest BCUT2D eigenvalue weighted by Crippen LogP contribution is -2.40. The molecule has 0 bridgehead atoms. The molecular formula is C14H20BrN. The number of rotatable bonds is 3. The molecule has 16 heavy (non-hydrogen) atoms. The molecule has 0 aromatic heterocycles. The first-order valence-corrected chi connectivity index (χ1v) is 7.04. The molecule has 0 amide bonds. The Labute approximate surface area is 107 Å². The highest BCUT2D eigenvalue weighted by molar-refractivity contribution is 9.10. The van der Waals surface area contributed by atoms with Crippen LogP contribution in [-0.2, 0) is 6.42 Å². The molecule has 2 unspecified atom stereocenters. The summed E-state index contributed by atoms with van der Waals surface area (Å²) in [4.78, 5) is 0. The van der Waals surface area contributed by atoms with Crippen molar-refractivity contribution in [3.8, 4) is 0 Å². The van der Waals surface area contributed by atoms with Gasteiger partial charge in [-0.25, -0.2) is 0 Å². The van der Waals surface area contributed by atoms with E-state index in [0.29, 0.717) is 6.04 Å². The molecule has 0 spiro atoms. The molecular weight excluding hydrogens is 262 g/mol. The molecule has 1 nitrogen and oxygen atoms in total. The quantitative estimate of drug-likeness (QED) is 0.886. The Kier molecular flexibility index (Phi) is 4.42. The average molecular weight is 282 g/mol. The second-order valence-electron chi connectivity index (χ2n) is 4.86. The van der Waals surface area contributed by atoms with Crippen LogP contribution in [0, 0.1) is 0 Å². The van der Waals surface area contributed by atoms with Crippen molar-refractivity contribution in [1.82, 2.24) is 5.32 Å². The first kappa shape index (κ1) is 12.1. The Morgan fingerprint density at radius 1 is 1.38 bits per heavy atom. The van der Waals surface area contributed by atoms with E-state index in [0.717, 1.165) is 6.04 Å². The maximum atomic E-state index is 3.69. The van der Waals surface area contributed by atoms with Gasteiger partial charge in [0.15, 0.2) is 0 Å². The molecule has 0 saturated carbocycles. The Morgan fingerprint density at radius 3 is 3.00 bits per heavy atom. The van der Waals surface area contributed by atoms with Crippen LogP contribution in [0.3, 0.4) is 0 Å². The second-order valence-corrected chi connectivity index (χ2v) is 5.78. The summed E-state index contributed by atoms with van der Waals surface area (Å²) < 4.78 is 1.19. The van der Waals surface area contributed by atoms with Gasteiger partial charge in [0.25, 0.3) is 0 Å². The summed E-state index contributed by atoms with van der Waals surface area (Å²) in [6.45, 7) is 2.30. The SMILES string of the molecule is CC1CCCC(CCc2cccc(Br)c2)N1. The summed E-state index contributed by atoms with van der Waals surface area (Å²) in [5.41, 5.74) is 1.44. The summed E-state index contributed by atoms with van der Waals surface area (Å²) in [6.07, 6.45) is 6.52. The normalized spacial score (nSPS) is 25.6. The van der Waals surface area contributed by atoms with Crippen LogP contribution in [0.15, 0.2) is 28.7 Å². The monoisotopic (exact) mass is 281 g/mol. The Bertz CT molecular complexity index is 337. The standard InChI is InChI=1S/C14H20BrN/c1-11-4-2-7-14(16-11)9-8-12-5-3-6-13(15)10-12/h3,5-6,10-11,14,16H,2,4,7-9H2,1H3. The largest absolute Gasteiger partial charge is 0.311 e. The summed E-state index contributed by atoms with van der Waals surface area (Å²) in [5.74, 6) is 0. The third-order valence-corrected chi connectivity index (χ3v) is 3.87. The predicted octanol–water partition coefficient (Wildman–Crippen LogP) is 3.91. The van der Waals surface area contributed by atoms with E-state index < -0.39 is 0 Å². The molecule has 1 aliphatic rings. The minimum atomic E-state index is 0.709. The number of hydrogen-bond donors (Lipinski definition) is 1.